The van der Waals surface area contributed by atoms with E-state index in [0.717, 1.165) is 39.0 Å². The standard InChI is InChI=1S/C13H27N3O/c1-3-4-13(17)11-16(12-13)10-9-15-7-5-14(2)6-8-15/h17H,3-12H2,1-2H3. The first-order chi connectivity index (χ1) is 8.11. The maximum absolute atomic E-state index is 10.1. The lowest BCUT2D eigenvalue weighted by Gasteiger charge is -2.47. The van der Waals surface area contributed by atoms with Crippen LogP contribution in [-0.4, -0.2) is 84.8 Å². The lowest BCUT2D eigenvalue weighted by Crippen LogP contribution is -2.62. The minimum Gasteiger partial charge on any atom is -0.387 e. The Morgan fingerprint density at radius 1 is 1.00 bits per heavy atom. The highest BCUT2D eigenvalue weighted by atomic mass is 16.3. The Bertz CT molecular complexity index is 233. The van der Waals surface area contributed by atoms with E-state index in [2.05, 4.69) is 28.7 Å². The van der Waals surface area contributed by atoms with Crippen molar-refractivity contribution in [2.75, 3.05) is 59.4 Å². The molecule has 2 aliphatic heterocycles. The molecule has 0 saturated carbocycles. The Balaban J connectivity index is 1.58. The molecule has 0 amide bonds. The second kappa shape index (κ2) is 5.65. The minimum atomic E-state index is -0.364. The second-order valence-electron chi connectivity index (χ2n) is 5.83. The Labute approximate surface area is 105 Å². The maximum Gasteiger partial charge on any atom is 0.0900 e. The van der Waals surface area contributed by atoms with Gasteiger partial charge in [0.25, 0.3) is 0 Å². The summed E-state index contributed by atoms with van der Waals surface area (Å²) >= 11 is 0. The molecule has 4 heteroatoms. The average molecular weight is 241 g/mol. The molecule has 2 aliphatic rings. The van der Waals surface area contributed by atoms with Crippen molar-refractivity contribution in [1.29, 1.82) is 0 Å². The molecule has 0 atom stereocenters. The first-order valence-electron chi connectivity index (χ1n) is 6.97. The van der Waals surface area contributed by atoms with E-state index in [4.69, 9.17) is 0 Å². The molecule has 0 aromatic carbocycles. The number of piperazine rings is 1. The van der Waals surface area contributed by atoms with Crippen molar-refractivity contribution in [3.8, 4) is 0 Å². The lowest BCUT2D eigenvalue weighted by molar-refractivity contribution is -0.105. The molecule has 4 nitrogen and oxygen atoms in total. The summed E-state index contributed by atoms with van der Waals surface area (Å²) in [6, 6.07) is 0. The fourth-order valence-corrected chi connectivity index (χ4v) is 2.92. The predicted molar refractivity (Wildman–Crippen MR) is 70.2 cm³/mol. The molecular formula is C13H27N3O. The normalized spacial score (nSPS) is 27.0. The molecule has 0 radical (unpaired) electrons. The predicted octanol–water partition coefficient (Wildman–Crippen LogP) is 0.0806. The maximum atomic E-state index is 10.1. The summed E-state index contributed by atoms with van der Waals surface area (Å²) in [7, 11) is 2.19. The van der Waals surface area contributed by atoms with E-state index in [0.29, 0.717) is 0 Å². The quantitative estimate of drug-likeness (QED) is 0.738. The van der Waals surface area contributed by atoms with E-state index in [-0.39, 0.29) is 5.60 Å². The van der Waals surface area contributed by atoms with Gasteiger partial charge in [-0.25, -0.2) is 0 Å². The third-order valence-corrected chi connectivity index (χ3v) is 4.08. The molecule has 2 fully saturated rings. The van der Waals surface area contributed by atoms with E-state index < -0.39 is 0 Å². The Morgan fingerprint density at radius 3 is 2.18 bits per heavy atom. The first kappa shape index (κ1) is 13.3. The van der Waals surface area contributed by atoms with Gasteiger partial charge in [-0.05, 0) is 13.5 Å². The molecule has 0 spiro atoms. The summed E-state index contributed by atoms with van der Waals surface area (Å²) in [5, 5.41) is 10.1. The van der Waals surface area contributed by atoms with Gasteiger partial charge in [-0.3, -0.25) is 9.80 Å². The van der Waals surface area contributed by atoms with Crippen LogP contribution in [0.2, 0.25) is 0 Å². The van der Waals surface area contributed by atoms with Crippen molar-refractivity contribution >= 4 is 0 Å². The summed E-state index contributed by atoms with van der Waals surface area (Å²) < 4.78 is 0. The highest BCUT2D eigenvalue weighted by molar-refractivity contribution is 4.95. The van der Waals surface area contributed by atoms with Gasteiger partial charge in [0.05, 0.1) is 5.60 Å². The smallest absolute Gasteiger partial charge is 0.0900 e. The zero-order valence-electron chi connectivity index (χ0n) is 11.4. The Morgan fingerprint density at radius 2 is 1.59 bits per heavy atom. The van der Waals surface area contributed by atoms with Crippen molar-refractivity contribution in [2.45, 2.75) is 25.4 Å². The van der Waals surface area contributed by atoms with E-state index >= 15 is 0 Å². The van der Waals surface area contributed by atoms with Gasteiger partial charge in [0.1, 0.15) is 0 Å². The first-order valence-corrected chi connectivity index (χ1v) is 6.97. The molecule has 100 valence electrons. The van der Waals surface area contributed by atoms with Crippen molar-refractivity contribution in [3.63, 3.8) is 0 Å². The number of hydrogen-bond acceptors (Lipinski definition) is 4. The molecule has 1 N–H and O–H groups in total. The largest absolute Gasteiger partial charge is 0.387 e. The third kappa shape index (κ3) is 3.65. The monoisotopic (exact) mass is 241 g/mol. The van der Waals surface area contributed by atoms with Gasteiger partial charge in [-0.2, -0.15) is 0 Å². The van der Waals surface area contributed by atoms with Gasteiger partial charge < -0.3 is 10.0 Å². The van der Waals surface area contributed by atoms with Gasteiger partial charge in [0.2, 0.25) is 0 Å². The Hall–Kier alpha value is -0.160. The van der Waals surface area contributed by atoms with E-state index in [9.17, 15) is 5.11 Å². The number of likely N-dealkylation sites (tertiary alicyclic amines) is 1. The van der Waals surface area contributed by atoms with Crippen LogP contribution in [0.25, 0.3) is 0 Å². The van der Waals surface area contributed by atoms with E-state index in [1.165, 1.54) is 26.2 Å². The van der Waals surface area contributed by atoms with Crippen LogP contribution < -0.4 is 0 Å². The molecule has 0 aliphatic carbocycles. The number of nitrogens with zero attached hydrogens (tertiary/aromatic N) is 3. The van der Waals surface area contributed by atoms with Crippen LogP contribution in [0.5, 0.6) is 0 Å². The van der Waals surface area contributed by atoms with Crippen LogP contribution in [0.15, 0.2) is 0 Å². The van der Waals surface area contributed by atoms with Gasteiger partial charge in [-0.1, -0.05) is 13.3 Å². The summed E-state index contributed by atoms with van der Waals surface area (Å²) in [5.41, 5.74) is -0.364. The average Bonchev–Trinajstić information content (AvgIpc) is 2.26. The van der Waals surface area contributed by atoms with Crippen molar-refractivity contribution in [3.05, 3.63) is 0 Å². The SMILES string of the molecule is CCCC1(O)CN(CCN2CCN(C)CC2)C1. The van der Waals surface area contributed by atoms with Crippen molar-refractivity contribution in [2.24, 2.45) is 0 Å². The third-order valence-electron chi connectivity index (χ3n) is 4.08. The molecule has 17 heavy (non-hydrogen) atoms. The van der Waals surface area contributed by atoms with Crippen LogP contribution in [0.4, 0.5) is 0 Å². The number of likely N-dealkylation sites (N-methyl/N-ethyl adjacent to an activating group) is 1. The van der Waals surface area contributed by atoms with Gasteiger partial charge in [-0.15, -0.1) is 0 Å². The molecule has 0 unspecified atom stereocenters. The van der Waals surface area contributed by atoms with Crippen LogP contribution in [0.3, 0.4) is 0 Å². The van der Waals surface area contributed by atoms with Gasteiger partial charge in [0, 0.05) is 52.4 Å². The fourth-order valence-electron chi connectivity index (χ4n) is 2.92. The Kier molecular flexibility index (Phi) is 4.42. The van der Waals surface area contributed by atoms with Crippen LogP contribution in [-0.2, 0) is 0 Å². The number of rotatable bonds is 5. The molecule has 2 heterocycles. The van der Waals surface area contributed by atoms with E-state index in [1.54, 1.807) is 0 Å². The molecular weight excluding hydrogens is 214 g/mol. The van der Waals surface area contributed by atoms with Crippen LogP contribution >= 0.6 is 0 Å². The van der Waals surface area contributed by atoms with Crippen molar-refractivity contribution in [1.82, 2.24) is 14.7 Å². The zero-order valence-corrected chi connectivity index (χ0v) is 11.4. The van der Waals surface area contributed by atoms with E-state index in [1.807, 2.05) is 0 Å². The lowest BCUT2D eigenvalue weighted by atomic mass is 9.89. The summed E-state index contributed by atoms with van der Waals surface area (Å²) in [6.45, 7) is 11.0. The highest BCUT2D eigenvalue weighted by Crippen LogP contribution is 2.25. The molecule has 0 aromatic rings. The number of hydrogen-bond donors (Lipinski definition) is 1. The highest BCUT2D eigenvalue weighted by Gasteiger charge is 2.39. The molecule has 2 rings (SSSR count). The molecule has 0 bridgehead atoms. The molecule has 2 saturated heterocycles. The van der Waals surface area contributed by atoms with Crippen LogP contribution in [0, 0.1) is 0 Å². The summed E-state index contributed by atoms with van der Waals surface area (Å²) in [4.78, 5) is 7.31. The number of β-amino-alcohol motifs (C(OH)–C–C–N with tert-alkyl or cyclic N) is 1. The van der Waals surface area contributed by atoms with Crippen LogP contribution in [0.1, 0.15) is 19.8 Å². The van der Waals surface area contributed by atoms with Gasteiger partial charge >= 0.3 is 0 Å². The second-order valence-corrected chi connectivity index (χ2v) is 5.83. The van der Waals surface area contributed by atoms with Gasteiger partial charge in [0.15, 0.2) is 0 Å². The molecule has 0 aromatic heterocycles. The summed E-state index contributed by atoms with van der Waals surface area (Å²) in [6.07, 6.45) is 2.04. The topological polar surface area (TPSA) is 30.0 Å². The minimum absolute atomic E-state index is 0.364. The number of aliphatic hydroxyl groups is 1. The fraction of sp³-hybridized carbons (Fsp3) is 1.00. The summed E-state index contributed by atoms with van der Waals surface area (Å²) in [5.74, 6) is 0. The van der Waals surface area contributed by atoms with Crippen molar-refractivity contribution < 1.29 is 5.11 Å². The zero-order chi connectivity index (χ0) is 12.3.